The fraction of sp³-hybridized carbons (Fsp3) is 0.294. The van der Waals surface area contributed by atoms with Crippen molar-refractivity contribution in [1.29, 1.82) is 0 Å². The molecule has 1 amide bonds. The molecule has 0 fully saturated rings. The van der Waals surface area contributed by atoms with Crippen molar-refractivity contribution in [2.75, 3.05) is 6.61 Å². The number of carbonyl (C=O) groups excluding carboxylic acids is 1. The topological polar surface area (TPSA) is 90.4 Å². The first-order chi connectivity index (χ1) is 12.2. The minimum atomic E-state index is -4.80. The van der Waals surface area contributed by atoms with Gasteiger partial charge < -0.3 is 20.1 Å². The summed E-state index contributed by atoms with van der Waals surface area (Å²) in [6.07, 6.45) is -5.66. The molecule has 0 saturated carbocycles. The number of rotatable bonds is 1. The van der Waals surface area contributed by atoms with Crippen molar-refractivity contribution in [1.82, 2.24) is 9.55 Å². The summed E-state index contributed by atoms with van der Waals surface area (Å²) in [4.78, 5) is 15.3. The van der Waals surface area contributed by atoms with Crippen LogP contribution < -0.4 is 10.5 Å². The van der Waals surface area contributed by atoms with Crippen LogP contribution in [0.25, 0.3) is 11.4 Å². The molecule has 1 aliphatic heterocycles. The SMILES string of the molecule is CC(O)C#Cc1ccc2c(c1)-c1nc(C(N)=O)c(C(F)(F)F)n1CCO2. The molecule has 2 heterocycles. The van der Waals surface area contributed by atoms with Crippen molar-refractivity contribution in [3.05, 3.63) is 35.2 Å². The molecule has 0 radical (unpaired) electrons. The molecule has 2 aromatic rings. The van der Waals surface area contributed by atoms with Crippen LogP contribution in [0.5, 0.6) is 5.75 Å². The van der Waals surface area contributed by atoms with E-state index in [-0.39, 0.29) is 24.5 Å². The van der Waals surface area contributed by atoms with Gasteiger partial charge in [0.1, 0.15) is 24.3 Å². The van der Waals surface area contributed by atoms with E-state index < -0.39 is 29.6 Å². The highest BCUT2D eigenvalue weighted by Crippen LogP contribution is 2.39. The van der Waals surface area contributed by atoms with Gasteiger partial charge in [0.05, 0.1) is 12.1 Å². The standard InChI is InChI=1S/C17H14F3N3O3/c1-9(24)2-3-10-4-5-12-11(8-10)16-22-13(15(21)25)14(17(18,19)20)23(16)6-7-26-12/h4-5,8-9,24H,6-7H2,1H3,(H2,21,25). The van der Waals surface area contributed by atoms with Crippen LogP contribution in [0.1, 0.15) is 28.7 Å². The Morgan fingerprint density at radius 3 is 2.81 bits per heavy atom. The van der Waals surface area contributed by atoms with Gasteiger partial charge in [-0.05, 0) is 25.1 Å². The zero-order valence-electron chi connectivity index (χ0n) is 13.6. The summed E-state index contributed by atoms with van der Waals surface area (Å²) >= 11 is 0. The lowest BCUT2D eigenvalue weighted by molar-refractivity contribution is -0.143. The second kappa shape index (κ2) is 6.38. The van der Waals surface area contributed by atoms with E-state index in [4.69, 9.17) is 10.5 Å². The number of imidazole rings is 1. The molecule has 26 heavy (non-hydrogen) atoms. The molecule has 1 unspecified atom stereocenters. The lowest BCUT2D eigenvalue weighted by atomic mass is 10.1. The first-order valence-corrected chi connectivity index (χ1v) is 7.63. The lowest BCUT2D eigenvalue weighted by Gasteiger charge is -2.12. The monoisotopic (exact) mass is 365 g/mol. The van der Waals surface area contributed by atoms with E-state index in [0.29, 0.717) is 11.3 Å². The van der Waals surface area contributed by atoms with Crippen LogP contribution >= 0.6 is 0 Å². The highest BCUT2D eigenvalue weighted by atomic mass is 19.4. The van der Waals surface area contributed by atoms with Gasteiger partial charge in [0.15, 0.2) is 11.4 Å². The molecule has 1 aromatic carbocycles. The number of nitrogens with zero attached hydrogens (tertiary/aromatic N) is 2. The zero-order chi connectivity index (χ0) is 19.1. The van der Waals surface area contributed by atoms with Gasteiger partial charge in [-0.25, -0.2) is 4.98 Å². The molecule has 6 nitrogen and oxygen atoms in total. The number of amides is 1. The van der Waals surface area contributed by atoms with Crippen LogP contribution in [0, 0.1) is 11.8 Å². The van der Waals surface area contributed by atoms with Crippen LogP contribution in [-0.2, 0) is 12.7 Å². The zero-order valence-corrected chi connectivity index (χ0v) is 13.6. The molecule has 1 aromatic heterocycles. The van der Waals surface area contributed by atoms with Crippen molar-refractivity contribution < 1.29 is 27.8 Å². The van der Waals surface area contributed by atoms with Crippen LogP contribution in [0.15, 0.2) is 18.2 Å². The second-order valence-corrected chi connectivity index (χ2v) is 5.65. The molecule has 1 atom stereocenters. The number of halogens is 3. The summed E-state index contributed by atoms with van der Waals surface area (Å²) < 4.78 is 46.8. The third kappa shape index (κ3) is 3.23. The predicted octanol–water partition coefficient (Wildman–Crippen LogP) is 1.79. The number of hydrogen-bond donors (Lipinski definition) is 2. The molecular formula is C17H14F3N3O3. The normalized spacial score (nSPS) is 14.2. The Morgan fingerprint density at radius 2 is 2.19 bits per heavy atom. The Balaban J connectivity index is 2.24. The Kier molecular flexibility index (Phi) is 4.38. The van der Waals surface area contributed by atoms with Gasteiger partial charge in [0.25, 0.3) is 5.91 Å². The number of aromatic nitrogens is 2. The van der Waals surface area contributed by atoms with Crippen LogP contribution in [-0.4, -0.2) is 33.3 Å². The molecule has 1 aliphatic rings. The van der Waals surface area contributed by atoms with Gasteiger partial charge in [-0.2, -0.15) is 13.2 Å². The Morgan fingerprint density at radius 1 is 1.46 bits per heavy atom. The summed E-state index contributed by atoms with van der Waals surface area (Å²) in [5.41, 5.74) is 3.79. The van der Waals surface area contributed by atoms with Gasteiger partial charge in [0, 0.05) is 5.56 Å². The quantitative estimate of drug-likeness (QED) is 0.754. The molecule has 9 heteroatoms. The number of fused-ring (bicyclic) bond motifs is 3. The minimum absolute atomic E-state index is 0.0314. The highest BCUT2D eigenvalue weighted by Gasteiger charge is 2.42. The fourth-order valence-corrected chi connectivity index (χ4v) is 2.68. The molecule has 3 N–H and O–H groups in total. The Hall–Kier alpha value is -2.99. The van der Waals surface area contributed by atoms with Crippen molar-refractivity contribution in [3.8, 4) is 29.0 Å². The summed E-state index contributed by atoms with van der Waals surface area (Å²) in [5.74, 6) is 4.26. The minimum Gasteiger partial charge on any atom is -0.491 e. The highest BCUT2D eigenvalue weighted by molar-refractivity contribution is 5.93. The van der Waals surface area contributed by atoms with Crippen LogP contribution in [0.2, 0.25) is 0 Å². The number of carbonyl (C=O) groups is 1. The second-order valence-electron chi connectivity index (χ2n) is 5.65. The van der Waals surface area contributed by atoms with Crippen molar-refractivity contribution in [2.45, 2.75) is 25.7 Å². The summed E-state index contributed by atoms with van der Waals surface area (Å²) in [6, 6.07) is 4.68. The van der Waals surface area contributed by atoms with Crippen molar-refractivity contribution in [3.63, 3.8) is 0 Å². The number of nitrogens with two attached hydrogens (primary N) is 1. The lowest BCUT2D eigenvalue weighted by Crippen LogP contribution is -2.22. The maximum atomic E-state index is 13.5. The van der Waals surface area contributed by atoms with E-state index in [0.717, 1.165) is 4.57 Å². The van der Waals surface area contributed by atoms with Crippen molar-refractivity contribution in [2.24, 2.45) is 5.73 Å². The largest absolute Gasteiger partial charge is 0.491 e. The van der Waals surface area contributed by atoms with Gasteiger partial charge in [-0.3, -0.25) is 4.79 Å². The molecule has 136 valence electrons. The number of benzene rings is 1. The van der Waals surface area contributed by atoms with E-state index in [1.165, 1.54) is 13.0 Å². The smallest absolute Gasteiger partial charge is 0.433 e. The van der Waals surface area contributed by atoms with E-state index in [9.17, 15) is 23.1 Å². The van der Waals surface area contributed by atoms with E-state index >= 15 is 0 Å². The Labute approximate surface area is 146 Å². The number of alkyl halides is 3. The average molecular weight is 365 g/mol. The van der Waals surface area contributed by atoms with E-state index in [1.807, 2.05) is 0 Å². The van der Waals surface area contributed by atoms with Gasteiger partial charge in [0.2, 0.25) is 0 Å². The molecular weight excluding hydrogens is 351 g/mol. The molecule has 0 aliphatic carbocycles. The van der Waals surface area contributed by atoms with Gasteiger partial charge in [-0.15, -0.1) is 0 Å². The Bertz CT molecular complexity index is 936. The average Bonchev–Trinajstić information content (AvgIpc) is 2.85. The fourth-order valence-electron chi connectivity index (χ4n) is 2.68. The van der Waals surface area contributed by atoms with E-state index in [1.54, 1.807) is 12.1 Å². The summed E-state index contributed by atoms with van der Waals surface area (Å²) in [6.45, 7) is 1.31. The predicted molar refractivity (Wildman–Crippen MR) is 85.2 cm³/mol. The van der Waals surface area contributed by atoms with Crippen LogP contribution in [0.4, 0.5) is 13.2 Å². The summed E-state index contributed by atoms with van der Waals surface area (Å²) in [7, 11) is 0. The molecule has 3 rings (SSSR count). The van der Waals surface area contributed by atoms with Gasteiger partial charge in [-0.1, -0.05) is 11.8 Å². The third-order valence-electron chi connectivity index (χ3n) is 3.69. The number of aliphatic hydroxyl groups excluding tert-OH is 1. The third-order valence-corrected chi connectivity index (χ3v) is 3.69. The molecule has 0 bridgehead atoms. The maximum absolute atomic E-state index is 13.5. The first kappa shape index (κ1) is 17.8. The van der Waals surface area contributed by atoms with Crippen LogP contribution in [0.3, 0.4) is 0 Å². The number of aliphatic hydroxyl groups is 1. The number of ether oxygens (including phenoxy) is 1. The molecule has 0 spiro atoms. The maximum Gasteiger partial charge on any atom is 0.433 e. The first-order valence-electron chi connectivity index (χ1n) is 7.63. The molecule has 0 saturated heterocycles. The summed E-state index contributed by atoms with van der Waals surface area (Å²) in [5, 5.41) is 9.25. The number of primary amides is 1. The van der Waals surface area contributed by atoms with Gasteiger partial charge >= 0.3 is 6.18 Å². The number of hydrogen-bond acceptors (Lipinski definition) is 4. The van der Waals surface area contributed by atoms with Crippen molar-refractivity contribution >= 4 is 5.91 Å². The van der Waals surface area contributed by atoms with E-state index in [2.05, 4.69) is 16.8 Å².